The molecule has 2 fully saturated rings. The second kappa shape index (κ2) is 9.56. The van der Waals surface area contributed by atoms with Gasteiger partial charge < -0.3 is 19.9 Å². The van der Waals surface area contributed by atoms with Gasteiger partial charge in [-0.15, -0.1) is 0 Å². The van der Waals surface area contributed by atoms with Crippen LogP contribution in [0.4, 0.5) is 13.2 Å². The molecule has 1 aromatic heterocycles. The van der Waals surface area contributed by atoms with Crippen molar-refractivity contribution in [3.8, 4) is 0 Å². The zero-order chi connectivity index (χ0) is 24.6. The highest BCUT2D eigenvalue weighted by atomic mass is 19.4. The van der Waals surface area contributed by atoms with Crippen LogP contribution in [0.5, 0.6) is 0 Å². The van der Waals surface area contributed by atoms with E-state index in [4.69, 9.17) is 0 Å². The number of halogens is 3. The molecule has 2 bridgehead atoms. The van der Waals surface area contributed by atoms with Gasteiger partial charge in [-0.2, -0.15) is 13.2 Å². The lowest BCUT2D eigenvalue weighted by Crippen LogP contribution is -2.51. The van der Waals surface area contributed by atoms with Crippen molar-refractivity contribution in [2.24, 2.45) is 17.8 Å². The lowest BCUT2D eigenvalue weighted by atomic mass is 9.86. The molecule has 3 aliphatic rings. The summed E-state index contributed by atoms with van der Waals surface area (Å²) in [6, 6.07) is 1.71. The Morgan fingerprint density at radius 3 is 2.53 bits per heavy atom. The fraction of sp³-hybridized carbons (Fsp3) is 0.625. The number of carbonyl (C=O) groups is 2. The van der Waals surface area contributed by atoms with Crippen molar-refractivity contribution in [2.75, 3.05) is 13.2 Å². The molecular formula is C24H30F3N3O4. The molecule has 1 aromatic rings. The number of fused-ring (bicyclic) bond motifs is 4. The summed E-state index contributed by atoms with van der Waals surface area (Å²) < 4.78 is 40.0. The fourth-order valence-electron chi connectivity index (χ4n) is 5.90. The van der Waals surface area contributed by atoms with E-state index in [0.29, 0.717) is 11.3 Å². The second-order valence-corrected chi connectivity index (χ2v) is 9.43. The minimum absolute atomic E-state index is 0.0861. The van der Waals surface area contributed by atoms with Gasteiger partial charge in [-0.3, -0.25) is 14.4 Å². The first kappa shape index (κ1) is 24.5. The van der Waals surface area contributed by atoms with E-state index >= 15 is 0 Å². The highest BCUT2D eigenvalue weighted by Gasteiger charge is 2.58. The average Bonchev–Trinajstić information content (AvgIpc) is 3.05. The quantitative estimate of drug-likeness (QED) is 0.677. The number of pyridine rings is 1. The van der Waals surface area contributed by atoms with Crippen LogP contribution in [0.2, 0.25) is 0 Å². The van der Waals surface area contributed by atoms with Gasteiger partial charge in [-0.25, -0.2) is 0 Å². The summed E-state index contributed by atoms with van der Waals surface area (Å²) in [4.78, 5) is 41.4. The largest absolute Gasteiger partial charge is 0.405 e. The standard InChI is InChI=1S/C24H30F3N3O4/c1-2-6-14-9-10-17-20-19(21(32)28-13-24(25,26)27)16(12-31)18(11-29(17)22(14)33)30(20)23(34)15-7-4-3-5-8-15/h2,6,9-10,15-16,18-20,31H,3-5,7-8,11-13H2,1H3,(H,28,32)/b6-2-/t16-,18-,19+,20+/m1/s1. The third kappa shape index (κ3) is 4.39. The summed E-state index contributed by atoms with van der Waals surface area (Å²) >= 11 is 0. The van der Waals surface area contributed by atoms with Crippen molar-refractivity contribution in [3.05, 3.63) is 39.8 Å². The number of aliphatic hydroxyl groups excluding tert-OH is 1. The summed E-state index contributed by atoms with van der Waals surface area (Å²) in [7, 11) is 0. The van der Waals surface area contributed by atoms with Gasteiger partial charge in [-0.05, 0) is 31.9 Å². The van der Waals surface area contributed by atoms with Crippen LogP contribution in [0.25, 0.3) is 6.08 Å². The molecule has 34 heavy (non-hydrogen) atoms. The molecule has 0 unspecified atom stereocenters. The molecule has 3 heterocycles. The second-order valence-electron chi connectivity index (χ2n) is 9.43. The van der Waals surface area contributed by atoms with Gasteiger partial charge in [0.25, 0.3) is 5.56 Å². The molecule has 1 saturated carbocycles. The van der Waals surface area contributed by atoms with Gasteiger partial charge in [0.2, 0.25) is 11.8 Å². The van der Waals surface area contributed by atoms with E-state index in [1.807, 2.05) is 5.32 Å². The number of allylic oxidation sites excluding steroid dienone is 1. The third-order valence-electron chi connectivity index (χ3n) is 7.39. The lowest BCUT2D eigenvalue weighted by Gasteiger charge is -2.40. The number of hydrogen-bond acceptors (Lipinski definition) is 4. The molecule has 2 N–H and O–H groups in total. The summed E-state index contributed by atoms with van der Waals surface area (Å²) in [5.41, 5.74) is 0.571. The number of carbonyl (C=O) groups excluding carboxylic acids is 2. The Hall–Kier alpha value is -2.62. The van der Waals surface area contributed by atoms with Gasteiger partial charge in [0, 0.05) is 36.2 Å². The fourth-order valence-corrected chi connectivity index (χ4v) is 5.90. The van der Waals surface area contributed by atoms with E-state index in [0.717, 1.165) is 32.1 Å². The number of hydrogen-bond donors (Lipinski definition) is 2. The monoisotopic (exact) mass is 481 g/mol. The van der Waals surface area contributed by atoms with Crippen LogP contribution in [-0.2, 0) is 16.1 Å². The SMILES string of the molecule is C/C=C\c1ccc2n(c1=O)C[C@@H]1[C@@H](CO)[C@H](C(=O)NCC(F)(F)F)[C@H]2N1C(=O)C1CCCCC1. The number of aromatic nitrogens is 1. The number of aliphatic hydroxyl groups is 1. The smallest absolute Gasteiger partial charge is 0.396 e. The molecule has 4 atom stereocenters. The van der Waals surface area contributed by atoms with Crippen LogP contribution < -0.4 is 10.9 Å². The maximum absolute atomic E-state index is 13.7. The molecule has 186 valence electrons. The predicted octanol–water partition coefficient (Wildman–Crippen LogP) is 2.63. The van der Waals surface area contributed by atoms with Gasteiger partial charge in [0.15, 0.2) is 0 Å². The zero-order valence-electron chi connectivity index (χ0n) is 19.1. The molecule has 1 saturated heterocycles. The molecular weight excluding hydrogens is 451 g/mol. The van der Waals surface area contributed by atoms with Gasteiger partial charge in [-0.1, -0.05) is 31.4 Å². The number of amides is 2. The first-order chi connectivity index (χ1) is 16.2. The first-order valence-electron chi connectivity index (χ1n) is 11.8. The maximum Gasteiger partial charge on any atom is 0.405 e. The highest BCUT2D eigenvalue weighted by molar-refractivity contribution is 5.85. The van der Waals surface area contributed by atoms with Crippen molar-refractivity contribution in [3.63, 3.8) is 0 Å². The van der Waals surface area contributed by atoms with Gasteiger partial charge in [0.1, 0.15) is 6.54 Å². The summed E-state index contributed by atoms with van der Waals surface area (Å²) in [5, 5.41) is 12.2. The third-order valence-corrected chi connectivity index (χ3v) is 7.39. The minimum atomic E-state index is -4.59. The topological polar surface area (TPSA) is 91.6 Å². The van der Waals surface area contributed by atoms with Crippen molar-refractivity contribution in [1.29, 1.82) is 0 Å². The molecule has 2 aliphatic heterocycles. The Morgan fingerprint density at radius 2 is 1.91 bits per heavy atom. The van der Waals surface area contributed by atoms with Crippen molar-refractivity contribution < 1.29 is 27.9 Å². The molecule has 0 aromatic carbocycles. The number of alkyl halides is 3. The van der Waals surface area contributed by atoms with E-state index in [1.54, 1.807) is 36.1 Å². The lowest BCUT2D eigenvalue weighted by molar-refractivity contribution is -0.144. The normalized spacial score (nSPS) is 27.1. The average molecular weight is 482 g/mol. The van der Waals surface area contributed by atoms with E-state index < -0.39 is 49.2 Å². The molecule has 10 heteroatoms. The highest BCUT2D eigenvalue weighted by Crippen LogP contribution is 2.49. The van der Waals surface area contributed by atoms with Gasteiger partial charge >= 0.3 is 6.18 Å². The van der Waals surface area contributed by atoms with Crippen LogP contribution in [-0.4, -0.2) is 51.8 Å². The maximum atomic E-state index is 13.7. The van der Waals surface area contributed by atoms with Crippen molar-refractivity contribution >= 4 is 17.9 Å². The van der Waals surface area contributed by atoms with Crippen LogP contribution in [0.1, 0.15) is 56.3 Å². The molecule has 1 aliphatic carbocycles. The minimum Gasteiger partial charge on any atom is -0.396 e. The molecule has 2 amide bonds. The van der Waals surface area contributed by atoms with Crippen molar-refractivity contribution in [2.45, 2.75) is 63.8 Å². The molecule has 0 radical (unpaired) electrons. The van der Waals surface area contributed by atoms with Crippen LogP contribution in [0.3, 0.4) is 0 Å². The van der Waals surface area contributed by atoms with E-state index in [-0.39, 0.29) is 23.9 Å². The van der Waals surface area contributed by atoms with Gasteiger partial charge in [0.05, 0.1) is 18.0 Å². The molecule has 7 nitrogen and oxygen atoms in total. The van der Waals surface area contributed by atoms with Crippen LogP contribution in [0.15, 0.2) is 23.0 Å². The number of nitrogens with one attached hydrogen (secondary N) is 1. The molecule has 0 spiro atoms. The van der Waals surface area contributed by atoms with Crippen LogP contribution >= 0.6 is 0 Å². The predicted molar refractivity (Wildman–Crippen MR) is 118 cm³/mol. The Labute approximate surface area is 195 Å². The Morgan fingerprint density at radius 1 is 1.21 bits per heavy atom. The van der Waals surface area contributed by atoms with Crippen LogP contribution in [0, 0.1) is 17.8 Å². The van der Waals surface area contributed by atoms with E-state index in [2.05, 4.69) is 0 Å². The number of nitrogens with zero attached hydrogens (tertiary/aromatic N) is 2. The Kier molecular flexibility index (Phi) is 6.89. The first-order valence-corrected chi connectivity index (χ1v) is 11.8. The van der Waals surface area contributed by atoms with Crippen molar-refractivity contribution in [1.82, 2.24) is 14.8 Å². The molecule has 4 rings (SSSR count). The summed E-state index contributed by atoms with van der Waals surface area (Å²) in [5.74, 6) is -3.12. The Balaban J connectivity index is 1.78. The van der Waals surface area contributed by atoms with E-state index in [1.165, 1.54) is 4.57 Å². The summed E-state index contributed by atoms with van der Waals surface area (Å²) in [6.45, 7) is -0.116. The van der Waals surface area contributed by atoms with E-state index in [9.17, 15) is 32.7 Å². The number of rotatable bonds is 5. The Bertz CT molecular complexity index is 1030. The zero-order valence-corrected chi connectivity index (χ0v) is 19.1. The summed E-state index contributed by atoms with van der Waals surface area (Å²) in [6.07, 6.45) is 3.11.